The maximum atomic E-state index is 11.8. The van der Waals surface area contributed by atoms with Crippen LogP contribution < -0.4 is 5.32 Å². The minimum Gasteiger partial charge on any atom is -0.466 e. The summed E-state index contributed by atoms with van der Waals surface area (Å²) in [5, 5.41) is 2.70. The van der Waals surface area contributed by atoms with Crippen molar-refractivity contribution in [2.24, 2.45) is 0 Å². The van der Waals surface area contributed by atoms with Gasteiger partial charge in [-0.15, -0.1) is 11.6 Å². The standard InChI is InChI=1S/C11H16ClNO2/c1-6(12)5-13-11(14)10-7(2)8(3)15-9(10)4/h6H,5H2,1-4H3,(H,13,14). The van der Waals surface area contributed by atoms with E-state index in [-0.39, 0.29) is 11.3 Å². The van der Waals surface area contributed by atoms with Gasteiger partial charge >= 0.3 is 0 Å². The van der Waals surface area contributed by atoms with Gasteiger partial charge in [0.15, 0.2) is 0 Å². The van der Waals surface area contributed by atoms with Gasteiger partial charge in [0.1, 0.15) is 11.5 Å². The highest BCUT2D eigenvalue weighted by Crippen LogP contribution is 2.20. The molecule has 0 saturated carbocycles. The molecule has 0 bridgehead atoms. The number of aryl methyl sites for hydroxylation is 2. The zero-order chi connectivity index (χ0) is 11.6. The molecular weight excluding hydrogens is 214 g/mol. The first-order valence-corrected chi connectivity index (χ1v) is 5.36. The number of rotatable bonds is 3. The van der Waals surface area contributed by atoms with Gasteiger partial charge in [0.2, 0.25) is 0 Å². The van der Waals surface area contributed by atoms with Crippen LogP contribution in [0.1, 0.15) is 34.4 Å². The fraction of sp³-hybridized carbons (Fsp3) is 0.545. The molecule has 0 aliphatic rings. The molecule has 1 aromatic heterocycles. The molecule has 0 spiro atoms. The molecule has 1 unspecified atom stereocenters. The molecule has 0 saturated heterocycles. The quantitative estimate of drug-likeness (QED) is 0.810. The van der Waals surface area contributed by atoms with E-state index in [9.17, 15) is 4.79 Å². The number of nitrogens with one attached hydrogen (secondary N) is 1. The Morgan fingerprint density at radius 1 is 1.40 bits per heavy atom. The van der Waals surface area contributed by atoms with Crippen LogP contribution in [0.5, 0.6) is 0 Å². The van der Waals surface area contributed by atoms with E-state index in [1.54, 1.807) is 6.92 Å². The summed E-state index contributed by atoms with van der Waals surface area (Å²) in [5.41, 5.74) is 1.53. The van der Waals surface area contributed by atoms with Crippen molar-refractivity contribution in [3.8, 4) is 0 Å². The highest BCUT2D eigenvalue weighted by Gasteiger charge is 2.18. The zero-order valence-corrected chi connectivity index (χ0v) is 10.2. The van der Waals surface area contributed by atoms with E-state index in [4.69, 9.17) is 16.0 Å². The number of amides is 1. The molecule has 1 N–H and O–H groups in total. The highest BCUT2D eigenvalue weighted by atomic mass is 35.5. The van der Waals surface area contributed by atoms with E-state index in [2.05, 4.69) is 5.32 Å². The van der Waals surface area contributed by atoms with Crippen molar-refractivity contribution in [1.82, 2.24) is 5.32 Å². The Bertz CT molecular complexity index is 369. The molecule has 15 heavy (non-hydrogen) atoms. The molecule has 1 heterocycles. The third-order valence-electron chi connectivity index (χ3n) is 2.33. The highest BCUT2D eigenvalue weighted by molar-refractivity contribution is 6.20. The number of hydrogen-bond donors (Lipinski definition) is 1. The summed E-state index contributed by atoms with van der Waals surface area (Å²) in [6.45, 7) is 7.82. The summed E-state index contributed by atoms with van der Waals surface area (Å²) in [6, 6.07) is 0. The molecular formula is C11H16ClNO2. The average molecular weight is 230 g/mol. The van der Waals surface area contributed by atoms with Crippen LogP contribution in [0.2, 0.25) is 0 Å². The lowest BCUT2D eigenvalue weighted by Crippen LogP contribution is -2.29. The predicted octanol–water partition coefficient (Wildman–Crippen LogP) is 2.56. The zero-order valence-electron chi connectivity index (χ0n) is 9.48. The molecule has 0 aromatic carbocycles. The monoisotopic (exact) mass is 229 g/mol. The summed E-state index contributed by atoms with van der Waals surface area (Å²) < 4.78 is 5.38. The summed E-state index contributed by atoms with van der Waals surface area (Å²) in [5.74, 6) is 1.33. The average Bonchev–Trinajstić information content (AvgIpc) is 2.37. The predicted molar refractivity (Wildman–Crippen MR) is 60.6 cm³/mol. The van der Waals surface area contributed by atoms with Crippen LogP contribution in [0, 0.1) is 20.8 Å². The van der Waals surface area contributed by atoms with Crippen molar-refractivity contribution in [2.45, 2.75) is 33.1 Å². The Labute approximate surface area is 94.8 Å². The number of halogens is 1. The fourth-order valence-corrected chi connectivity index (χ4v) is 1.53. The molecule has 0 radical (unpaired) electrons. The van der Waals surface area contributed by atoms with Crippen LogP contribution >= 0.6 is 11.6 Å². The molecule has 3 nitrogen and oxygen atoms in total. The molecule has 0 aliphatic heterocycles. The Balaban J connectivity index is 2.82. The normalized spacial score (nSPS) is 12.6. The maximum absolute atomic E-state index is 11.8. The van der Waals surface area contributed by atoms with Crippen LogP contribution in [-0.4, -0.2) is 17.8 Å². The second kappa shape index (κ2) is 4.71. The van der Waals surface area contributed by atoms with Gasteiger partial charge in [0.25, 0.3) is 5.91 Å². The van der Waals surface area contributed by atoms with Gasteiger partial charge in [-0.2, -0.15) is 0 Å². The van der Waals surface area contributed by atoms with Gasteiger partial charge in [-0.25, -0.2) is 0 Å². The SMILES string of the molecule is Cc1oc(C)c(C(=O)NCC(C)Cl)c1C. The Morgan fingerprint density at radius 3 is 2.40 bits per heavy atom. The number of carbonyl (C=O) groups excluding carboxylic acids is 1. The first-order valence-electron chi connectivity index (χ1n) is 4.92. The third kappa shape index (κ3) is 2.75. The summed E-state index contributed by atoms with van der Waals surface area (Å²) in [6.07, 6.45) is 0. The minimum atomic E-state index is -0.116. The van der Waals surface area contributed by atoms with Gasteiger partial charge in [0, 0.05) is 17.5 Å². The van der Waals surface area contributed by atoms with Crippen molar-refractivity contribution < 1.29 is 9.21 Å². The first-order chi connectivity index (χ1) is 6.93. The second-order valence-electron chi connectivity index (χ2n) is 3.71. The van der Waals surface area contributed by atoms with Crippen molar-refractivity contribution in [3.63, 3.8) is 0 Å². The lowest BCUT2D eigenvalue weighted by Gasteiger charge is -2.06. The van der Waals surface area contributed by atoms with Crippen LogP contribution in [-0.2, 0) is 0 Å². The number of alkyl halides is 1. The van der Waals surface area contributed by atoms with E-state index in [0.29, 0.717) is 17.9 Å². The summed E-state index contributed by atoms with van der Waals surface area (Å²) in [4.78, 5) is 11.8. The smallest absolute Gasteiger partial charge is 0.255 e. The molecule has 1 atom stereocenters. The van der Waals surface area contributed by atoms with Gasteiger partial charge < -0.3 is 9.73 Å². The molecule has 0 aliphatic carbocycles. The lowest BCUT2D eigenvalue weighted by atomic mass is 10.1. The van der Waals surface area contributed by atoms with Gasteiger partial charge in [-0.05, 0) is 27.7 Å². The minimum absolute atomic E-state index is 0.0671. The van der Waals surface area contributed by atoms with Gasteiger partial charge in [-0.3, -0.25) is 4.79 Å². The Hall–Kier alpha value is -0.960. The van der Waals surface area contributed by atoms with E-state index >= 15 is 0 Å². The Kier molecular flexibility index (Phi) is 3.80. The van der Waals surface area contributed by atoms with Crippen molar-refractivity contribution in [2.75, 3.05) is 6.54 Å². The molecule has 1 rings (SSSR count). The summed E-state index contributed by atoms with van der Waals surface area (Å²) in [7, 11) is 0. The van der Waals surface area contributed by atoms with E-state index in [0.717, 1.165) is 11.3 Å². The maximum Gasteiger partial charge on any atom is 0.255 e. The van der Waals surface area contributed by atoms with Crippen LogP contribution in [0.4, 0.5) is 0 Å². The lowest BCUT2D eigenvalue weighted by molar-refractivity contribution is 0.0952. The molecule has 1 amide bonds. The summed E-state index contributed by atoms with van der Waals surface area (Å²) >= 11 is 5.76. The molecule has 4 heteroatoms. The van der Waals surface area contributed by atoms with Crippen LogP contribution in [0.15, 0.2) is 4.42 Å². The van der Waals surface area contributed by atoms with Crippen molar-refractivity contribution in [1.29, 1.82) is 0 Å². The largest absolute Gasteiger partial charge is 0.466 e. The van der Waals surface area contributed by atoms with Gasteiger partial charge in [-0.1, -0.05) is 0 Å². The number of furan rings is 1. The topological polar surface area (TPSA) is 42.2 Å². The third-order valence-corrected chi connectivity index (χ3v) is 2.49. The first kappa shape index (κ1) is 12.1. The fourth-order valence-electron chi connectivity index (χ4n) is 1.45. The van der Waals surface area contributed by atoms with E-state index < -0.39 is 0 Å². The Morgan fingerprint density at radius 2 is 2.00 bits per heavy atom. The molecule has 84 valence electrons. The molecule has 0 fully saturated rings. The van der Waals surface area contributed by atoms with E-state index in [1.165, 1.54) is 0 Å². The number of carbonyl (C=O) groups is 1. The van der Waals surface area contributed by atoms with Gasteiger partial charge in [0.05, 0.1) is 5.56 Å². The van der Waals surface area contributed by atoms with Crippen LogP contribution in [0.25, 0.3) is 0 Å². The molecule has 1 aromatic rings. The van der Waals surface area contributed by atoms with Crippen molar-refractivity contribution in [3.05, 3.63) is 22.6 Å². The number of hydrogen-bond acceptors (Lipinski definition) is 2. The second-order valence-corrected chi connectivity index (χ2v) is 4.45. The van der Waals surface area contributed by atoms with E-state index in [1.807, 2.05) is 20.8 Å². The van der Waals surface area contributed by atoms with Crippen molar-refractivity contribution >= 4 is 17.5 Å². The van der Waals surface area contributed by atoms with Crippen LogP contribution in [0.3, 0.4) is 0 Å².